The number of aliphatic imine (C=N–C) groups is 1. The van der Waals surface area contributed by atoms with Gasteiger partial charge >= 0.3 is 5.97 Å². The first-order valence-electron chi connectivity index (χ1n) is 4.32. The summed E-state index contributed by atoms with van der Waals surface area (Å²) in [5, 5.41) is 0.466. The number of nitrogens with two attached hydrogens (primary N) is 1. The van der Waals surface area contributed by atoms with Crippen molar-refractivity contribution in [3.05, 3.63) is 10.6 Å². The summed E-state index contributed by atoms with van der Waals surface area (Å²) in [6.45, 7) is 3.84. The highest BCUT2D eigenvalue weighted by molar-refractivity contribution is 7.17. The van der Waals surface area contributed by atoms with Crippen LogP contribution >= 0.6 is 23.7 Å². The molecule has 0 saturated carbocycles. The van der Waals surface area contributed by atoms with Crippen molar-refractivity contribution in [3.63, 3.8) is 0 Å². The molecule has 1 heterocycles. The van der Waals surface area contributed by atoms with Crippen molar-refractivity contribution in [3.8, 4) is 0 Å². The number of thiazole rings is 1. The van der Waals surface area contributed by atoms with E-state index in [1.165, 1.54) is 17.7 Å². The lowest BCUT2D eigenvalue weighted by atomic mass is 10.4. The molecule has 0 saturated heterocycles. The van der Waals surface area contributed by atoms with Crippen molar-refractivity contribution < 1.29 is 9.53 Å². The van der Waals surface area contributed by atoms with Crippen molar-refractivity contribution in [1.29, 1.82) is 0 Å². The Morgan fingerprint density at radius 3 is 3.00 bits per heavy atom. The number of ether oxygens (including phenoxy) is 1. The van der Waals surface area contributed by atoms with Gasteiger partial charge < -0.3 is 10.2 Å². The van der Waals surface area contributed by atoms with Crippen LogP contribution in [-0.4, -0.2) is 23.9 Å². The summed E-state index contributed by atoms with van der Waals surface area (Å²) in [7, 11) is 0. The van der Waals surface area contributed by atoms with Crippen LogP contribution < -0.4 is 11.3 Å². The summed E-state index contributed by atoms with van der Waals surface area (Å²) in [6, 6.07) is 0. The third kappa shape index (κ3) is 3.76. The van der Waals surface area contributed by atoms with Crippen LogP contribution in [0, 0.1) is 6.92 Å². The van der Waals surface area contributed by atoms with Crippen LogP contribution in [0.15, 0.2) is 4.99 Å². The molecule has 0 fully saturated rings. The summed E-state index contributed by atoms with van der Waals surface area (Å²) in [5.74, 6) is 4.65. The highest BCUT2D eigenvalue weighted by atomic mass is 35.5. The third-order valence-electron chi connectivity index (χ3n) is 1.50. The lowest BCUT2D eigenvalue weighted by Gasteiger charge is -1.97. The molecule has 3 N–H and O–H groups in total. The lowest BCUT2D eigenvalue weighted by Crippen LogP contribution is -2.18. The van der Waals surface area contributed by atoms with Crippen molar-refractivity contribution in [1.82, 2.24) is 10.4 Å². The first-order valence-corrected chi connectivity index (χ1v) is 5.14. The highest BCUT2D eigenvalue weighted by Crippen LogP contribution is 2.25. The number of hydrogen-bond acceptors (Lipinski definition) is 6. The van der Waals surface area contributed by atoms with Gasteiger partial charge in [0.1, 0.15) is 11.2 Å². The third-order valence-corrected chi connectivity index (χ3v) is 2.54. The number of aromatic nitrogens is 1. The zero-order chi connectivity index (χ0) is 11.3. The Morgan fingerprint density at radius 1 is 1.75 bits per heavy atom. The maximum absolute atomic E-state index is 11.4. The number of rotatable bonds is 4. The van der Waals surface area contributed by atoms with Crippen molar-refractivity contribution >= 4 is 41.2 Å². The van der Waals surface area contributed by atoms with E-state index < -0.39 is 0 Å². The van der Waals surface area contributed by atoms with E-state index in [1.54, 1.807) is 13.8 Å². The van der Waals surface area contributed by atoms with Gasteiger partial charge in [-0.2, -0.15) is 0 Å². The van der Waals surface area contributed by atoms with E-state index in [-0.39, 0.29) is 18.4 Å². The predicted molar refractivity (Wildman–Crippen MR) is 65.5 cm³/mol. The first kappa shape index (κ1) is 14.8. The molecule has 0 aliphatic rings. The predicted octanol–water partition coefficient (Wildman–Crippen LogP) is 1.17. The molecule has 0 aliphatic heterocycles. The molecule has 6 nitrogen and oxygen atoms in total. The number of hydrogen-bond donors (Lipinski definition) is 2. The second kappa shape index (κ2) is 7.15. The molecule has 0 amide bonds. The molecule has 8 heteroatoms. The maximum atomic E-state index is 11.4. The number of esters is 1. The van der Waals surface area contributed by atoms with Gasteiger partial charge in [-0.15, -0.1) is 12.4 Å². The standard InChI is InChI=1S/C8H12N4O2S.ClH/c1-3-14-7(13)6-5(2)12-8(15-6)10-4-11-9;/h4H,3,9H2,1-2H3,(H,10,11,12);1H. The van der Waals surface area contributed by atoms with E-state index in [0.717, 1.165) is 0 Å². The van der Waals surface area contributed by atoms with Crippen LogP contribution in [0.25, 0.3) is 0 Å². The van der Waals surface area contributed by atoms with Gasteiger partial charge in [-0.1, -0.05) is 11.3 Å². The molecule has 1 aromatic rings. The molecule has 90 valence electrons. The maximum Gasteiger partial charge on any atom is 0.350 e. The topological polar surface area (TPSA) is 89.6 Å². The molecule has 0 unspecified atom stereocenters. The Labute approximate surface area is 103 Å². The monoisotopic (exact) mass is 264 g/mol. The Morgan fingerprint density at radius 2 is 2.44 bits per heavy atom. The Bertz CT molecular complexity index is 380. The van der Waals surface area contributed by atoms with Gasteiger partial charge in [0.2, 0.25) is 5.13 Å². The van der Waals surface area contributed by atoms with Crippen LogP contribution in [0.3, 0.4) is 0 Å². The smallest absolute Gasteiger partial charge is 0.350 e. The molecule has 0 atom stereocenters. The van der Waals surface area contributed by atoms with Crippen molar-refractivity contribution in [2.75, 3.05) is 6.61 Å². The van der Waals surface area contributed by atoms with Gasteiger partial charge in [-0.25, -0.2) is 20.6 Å². The van der Waals surface area contributed by atoms with E-state index in [1.807, 2.05) is 0 Å². The Balaban J connectivity index is 0.00000225. The van der Waals surface area contributed by atoms with E-state index in [9.17, 15) is 4.79 Å². The van der Waals surface area contributed by atoms with E-state index in [4.69, 9.17) is 10.6 Å². The molecular weight excluding hydrogens is 252 g/mol. The lowest BCUT2D eigenvalue weighted by molar-refractivity contribution is 0.0531. The minimum atomic E-state index is -0.366. The van der Waals surface area contributed by atoms with Crippen LogP contribution in [0.2, 0.25) is 0 Å². The fourth-order valence-corrected chi connectivity index (χ4v) is 1.72. The number of nitrogens with one attached hydrogen (secondary N) is 1. The minimum absolute atomic E-state index is 0. The molecule has 0 aromatic carbocycles. The number of hydrazine groups is 1. The quantitative estimate of drug-likeness (QED) is 0.280. The molecular formula is C8H13ClN4O2S. The number of carbonyl (C=O) groups excluding carboxylic acids is 1. The Kier molecular flexibility index (Phi) is 6.63. The summed E-state index contributed by atoms with van der Waals surface area (Å²) < 4.78 is 4.87. The summed E-state index contributed by atoms with van der Waals surface area (Å²) in [4.78, 5) is 19.8. The number of nitrogens with zero attached hydrogens (tertiary/aromatic N) is 2. The van der Waals surface area contributed by atoms with Crippen LogP contribution in [0.5, 0.6) is 0 Å². The molecule has 1 rings (SSSR count). The van der Waals surface area contributed by atoms with Crippen LogP contribution in [0.4, 0.5) is 5.13 Å². The number of aryl methyl sites for hydroxylation is 1. The normalized spacial score (nSPS) is 9.94. The summed E-state index contributed by atoms with van der Waals surface area (Å²) >= 11 is 1.17. The summed E-state index contributed by atoms with van der Waals surface area (Å²) in [6.07, 6.45) is 1.30. The van der Waals surface area contributed by atoms with E-state index >= 15 is 0 Å². The van der Waals surface area contributed by atoms with E-state index in [2.05, 4.69) is 15.4 Å². The van der Waals surface area contributed by atoms with Gasteiger partial charge in [0.15, 0.2) is 0 Å². The van der Waals surface area contributed by atoms with Crippen molar-refractivity contribution in [2.24, 2.45) is 10.8 Å². The Hall–Kier alpha value is -1.18. The van der Waals surface area contributed by atoms with Crippen LogP contribution in [-0.2, 0) is 4.74 Å². The van der Waals surface area contributed by atoms with Gasteiger partial charge in [0.25, 0.3) is 0 Å². The summed E-state index contributed by atoms with van der Waals surface area (Å²) in [5.41, 5.74) is 2.87. The second-order valence-corrected chi connectivity index (χ2v) is 3.53. The minimum Gasteiger partial charge on any atom is -0.462 e. The van der Waals surface area contributed by atoms with Gasteiger partial charge in [-0.3, -0.25) is 0 Å². The number of carbonyl (C=O) groups is 1. The molecule has 1 aromatic heterocycles. The van der Waals surface area contributed by atoms with Gasteiger partial charge in [-0.05, 0) is 13.8 Å². The fourth-order valence-electron chi connectivity index (χ4n) is 0.916. The van der Waals surface area contributed by atoms with Crippen LogP contribution in [0.1, 0.15) is 22.3 Å². The average Bonchev–Trinajstić information content (AvgIpc) is 2.57. The molecule has 0 aliphatic carbocycles. The molecule has 0 bridgehead atoms. The first-order chi connectivity index (χ1) is 7.19. The second-order valence-electron chi connectivity index (χ2n) is 2.56. The van der Waals surface area contributed by atoms with E-state index in [0.29, 0.717) is 22.3 Å². The SMILES string of the molecule is CCOC(=O)c1sc(/N=C/NN)nc1C.Cl. The molecule has 0 radical (unpaired) electrons. The molecule has 0 spiro atoms. The van der Waals surface area contributed by atoms with Crippen molar-refractivity contribution in [2.45, 2.75) is 13.8 Å². The fraction of sp³-hybridized carbons (Fsp3) is 0.375. The number of halogens is 1. The average molecular weight is 265 g/mol. The zero-order valence-corrected chi connectivity index (χ0v) is 10.5. The molecule has 16 heavy (non-hydrogen) atoms. The van der Waals surface area contributed by atoms with Gasteiger partial charge in [0, 0.05) is 0 Å². The highest BCUT2D eigenvalue weighted by Gasteiger charge is 2.15. The zero-order valence-electron chi connectivity index (χ0n) is 8.89. The largest absolute Gasteiger partial charge is 0.462 e. The van der Waals surface area contributed by atoms with Gasteiger partial charge in [0.05, 0.1) is 12.3 Å².